The van der Waals surface area contributed by atoms with Gasteiger partial charge in [-0.15, -0.1) is 0 Å². The number of nitrogens with one attached hydrogen (secondary N) is 2. The van der Waals surface area contributed by atoms with E-state index >= 15 is 0 Å². The van der Waals surface area contributed by atoms with Crippen molar-refractivity contribution in [2.45, 2.75) is 32.2 Å². The number of anilines is 1. The Morgan fingerprint density at radius 3 is 2.83 bits per heavy atom. The van der Waals surface area contributed by atoms with Crippen molar-refractivity contribution in [1.29, 1.82) is 0 Å². The third kappa shape index (κ3) is 4.95. The Morgan fingerprint density at radius 2 is 2.12 bits per heavy atom. The molecule has 2 fully saturated rings. The van der Waals surface area contributed by atoms with Gasteiger partial charge in [-0.05, 0) is 44.0 Å². The number of aryl methyl sites for hydroxylation is 1. The molecule has 2 saturated heterocycles. The monoisotopic (exact) mass is 330 g/mol. The zero-order valence-corrected chi connectivity index (χ0v) is 14.8. The topological polar surface area (TPSA) is 47.6 Å². The summed E-state index contributed by atoms with van der Waals surface area (Å²) >= 11 is 0. The molecule has 132 valence electrons. The molecule has 2 aliphatic heterocycles. The summed E-state index contributed by atoms with van der Waals surface area (Å²) in [4.78, 5) is 16.8. The van der Waals surface area contributed by atoms with Crippen molar-refractivity contribution in [3.63, 3.8) is 0 Å². The lowest BCUT2D eigenvalue weighted by molar-refractivity contribution is -0.121. The first kappa shape index (κ1) is 17.2. The van der Waals surface area contributed by atoms with Crippen LogP contribution in [0.5, 0.6) is 0 Å². The van der Waals surface area contributed by atoms with Crippen LogP contribution in [0.3, 0.4) is 0 Å². The van der Waals surface area contributed by atoms with Crippen LogP contribution in [0.25, 0.3) is 0 Å². The van der Waals surface area contributed by atoms with Crippen molar-refractivity contribution in [2.24, 2.45) is 0 Å². The summed E-state index contributed by atoms with van der Waals surface area (Å²) in [5.41, 5.74) is 2.62. The van der Waals surface area contributed by atoms with Crippen LogP contribution >= 0.6 is 0 Å². The van der Waals surface area contributed by atoms with Gasteiger partial charge < -0.3 is 15.5 Å². The molecule has 1 atom stereocenters. The van der Waals surface area contributed by atoms with Gasteiger partial charge in [0.1, 0.15) is 0 Å². The quantitative estimate of drug-likeness (QED) is 0.827. The molecule has 1 aromatic carbocycles. The fraction of sp³-hybridized carbons (Fsp3) is 0.632. The maximum Gasteiger partial charge on any atom is 0.221 e. The highest BCUT2D eigenvalue weighted by Crippen LogP contribution is 2.17. The van der Waals surface area contributed by atoms with E-state index < -0.39 is 0 Å². The predicted octanol–water partition coefficient (Wildman–Crippen LogP) is 1.38. The first-order valence-electron chi connectivity index (χ1n) is 9.25. The molecule has 0 bridgehead atoms. The van der Waals surface area contributed by atoms with Crippen molar-refractivity contribution in [1.82, 2.24) is 15.5 Å². The van der Waals surface area contributed by atoms with Crippen LogP contribution in [-0.4, -0.2) is 62.7 Å². The smallest absolute Gasteiger partial charge is 0.221 e. The Morgan fingerprint density at radius 1 is 1.29 bits per heavy atom. The minimum Gasteiger partial charge on any atom is -0.369 e. The van der Waals surface area contributed by atoms with Gasteiger partial charge in [-0.25, -0.2) is 0 Å². The van der Waals surface area contributed by atoms with Gasteiger partial charge in [0.25, 0.3) is 0 Å². The summed E-state index contributed by atoms with van der Waals surface area (Å²) in [6, 6.07) is 9.18. The molecule has 5 heteroatoms. The Bertz CT molecular complexity index is 534. The molecule has 5 nitrogen and oxygen atoms in total. The van der Waals surface area contributed by atoms with Crippen LogP contribution in [0.15, 0.2) is 24.3 Å². The second-order valence-corrected chi connectivity index (χ2v) is 7.02. The molecule has 0 spiro atoms. The zero-order chi connectivity index (χ0) is 16.8. The SMILES string of the molecule is Cc1cccc(N2CCN(CCC(=O)NCC3CCCN3)CC2)c1. The maximum atomic E-state index is 12.0. The number of carbonyl (C=O) groups excluding carboxylic acids is 1. The molecule has 2 aliphatic rings. The number of benzene rings is 1. The van der Waals surface area contributed by atoms with E-state index in [0.717, 1.165) is 45.8 Å². The van der Waals surface area contributed by atoms with Crippen LogP contribution < -0.4 is 15.5 Å². The van der Waals surface area contributed by atoms with E-state index in [4.69, 9.17) is 0 Å². The number of hydrogen-bond acceptors (Lipinski definition) is 4. The van der Waals surface area contributed by atoms with Crippen molar-refractivity contribution >= 4 is 11.6 Å². The highest BCUT2D eigenvalue weighted by molar-refractivity contribution is 5.76. The van der Waals surface area contributed by atoms with Crippen molar-refractivity contribution in [3.05, 3.63) is 29.8 Å². The highest BCUT2D eigenvalue weighted by Gasteiger charge is 2.18. The Hall–Kier alpha value is -1.59. The number of carbonyl (C=O) groups is 1. The van der Waals surface area contributed by atoms with E-state index in [0.29, 0.717) is 12.5 Å². The van der Waals surface area contributed by atoms with Crippen LogP contribution in [0.1, 0.15) is 24.8 Å². The Labute approximate surface area is 145 Å². The molecular weight excluding hydrogens is 300 g/mol. The van der Waals surface area contributed by atoms with Crippen molar-refractivity contribution in [2.75, 3.05) is 50.7 Å². The maximum absolute atomic E-state index is 12.0. The molecule has 2 N–H and O–H groups in total. The Kier molecular flexibility index (Phi) is 6.10. The molecular formula is C19H30N4O. The Balaban J connectivity index is 1.34. The normalized spacial score (nSPS) is 21.9. The fourth-order valence-electron chi connectivity index (χ4n) is 3.57. The first-order chi connectivity index (χ1) is 11.7. The molecule has 1 unspecified atom stereocenters. The summed E-state index contributed by atoms with van der Waals surface area (Å²) in [7, 11) is 0. The van der Waals surface area contributed by atoms with E-state index in [2.05, 4.69) is 51.6 Å². The lowest BCUT2D eigenvalue weighted by Crippen LogP contribution is -2.47. The lowest BCUT2D eigenvalue weighted by atomic mass is 10.2. The van der Waals surface area contributed by atoms with Crippen molar-refractivity contribution in [3.8, 4) is 0 Å². The van der Waals surface area contributed by atoms with E-state index in [9.17, 15) is 4.79 Å². The molecule has 0 aromatic heterocycles. The standard InChI is InChI=1S/C19H30N4O/c1-16-4-2-6-18(14-16)23-12-10-22(11-13-23)9-7-19(24)21-15-17-5-3-8-20-17/h2,4,6,14,17,20H,3,5,7-13,15H2,1H3,(H,21,24). The van der Waals surface area contributed by atoms with Gasteiger partial charge in [0.05, 0.1) is 0 Å². The highest BCUT2D eigenvalue weighted by atomic mass is 16.1. The molecule has 0 aliphatic carbocycles. The predicted molar refractivity (Wildman–Crippen MR) is 98.5 cm³/mol. The van der Waals surface area contributed by atoms with E-state index in [1.807, 2.05) is 0 Å². The molecule has 1 aromatic rings. The number of amides is 1. The molecule has 1 amide bonds. The van der Waals surface area contributed by atoms with E-state index in [1.165, 1.54) is 24.1 Å². The number of rotatable bonds is 6. The van der Waals surface area contributed by atoms with Crippen LogP contribution in [0.2, 0.25) is 0 Å². The number of piperazine rings is 1. The van der Waals surface area contributed by atoms with Crippen LogP contribution in [-0.2, 0) is 4.79 Å². The van der Waals surface area contributed by atoms with Crippen LogP contribution in [0, 0.1) is 6.92 Å². The molecule has 0 radical (unpaired) electrons. The van der Waals surface area contributed by atoms with Gasteiger partial charge in [0.15, 0.2) is 0 Å². The van der Waals surface area contributed by atoms with Gasteiger partial charge in [-0.2, -0.15) is 0 Å². The van der Waals surface area contributed by atoms with E-state index in [1.54, 1.807) is 0 Å². The van der Waals surface area contributed by atoms with Crippen molar-refractivity contribution < 1.29 is 4.79 Å². The third-order valence-corrected chi connectivity index (χ3v) is 5.10. The summed E-state index contributed by atoms with van der Waals surface area (Å²) in [6.45, 7) is 9.02. The summed E-state index contributed by atoms with van der Waals surface area (Å²) < 4.78 is 0. The fourth-order valence-corrected chi connectivity index (χ4v) is 3.57. The van der Waals surface area contributed by atoms with Gasteiger partial charge in [-0.1, -0.05) is 12.1 Å². The lowest BCUT2D eigenvalue weighted by Gasteiger charge is -2.36. The zero-order valence-electron chi connectivity index (χ0n) is 14.8. The number of nitrogens with zero attached hydrogens (tertiary/aromatic N) is 2. The minimum absolute atomic E-state index is 0.185. The van der Waals surface area contributed by atoms with Gasteiger partial charge in [0.2, 0.25) is 5.91 Å². The van der Waals surface area contributed by atoms with Gasteiger partial charge in [0, 0.05) is 57.4 Å². The average molecular weight is 330 g/mol. The molecule has 2 heterocycles. The first-order valence-corrected chi connectivity index (χ1v) is 9.25. The molecule has 24 heavy (non-hydrogen) atoms. The second-order valence-electron chi connectivity index (χ2n) is 7.02. The molecule has 0 saturated carbocycles. The average Bonchev–Trinajstić information content (AvgIpc) is 3.12. The summed E-state index contributed by atoms with van der Waals surface area (Å²) in [5, 5.41) is 6.48. The molecule has 3 rings (SSSR count). The van der Waals surface area contributed by atoms with Gasteiger partial charge >= 0.3 is 0 Å². The minimum atomic E-state index is 0.185. The third-order valence-electron chi connectivity index (χ3n) is 5.10. The number of hydrogen-bond donors (Lipinski definition) is 2. The van der Waals surface area contributed by atoms with E-state index in [-0.39, 0.29) is 5.91 Å². The van der Waals surface area contributed by atoms with Gasteiger partial charge in [-0.3, -0.25) is 9.69 Å². The summed E-state index contributed by atoms with van der Waals surface area (Å²) in [5.74, 6) is 0.185. The largest absolute Gasteiger partial charge is 0.369 e. The summed E-state index contributed by atoms with van der Waals surface area (Å²) in [6.07, 6.45) is 3.02. The van der Waals surface area contributed by atoms with Crippen LogP contribution in [0.4, 0.5) is 5.69 Å². The second kappa shape index (κ2) is 8.49.